The molecule has 0 unspecified atom stereocenters. The smallest absolute Gasteiger partial charge is 0.277 e. The lowest BCUT2D eigenvalue weighted by Gasteiger charge is -1.96. The summed E-state index contributed by atoms with van der Waals surface area (Å²) in [7, 11) is 3.09. The third-order valence-corrected chi connectivity index (χ3v) is 0.969. The molecule has 1 rings (SSSR count). The lowest BCUT2D eigenvalue weighted by atomic mass is 10.8. The normalized spacial score (nSPS) is 9.11. The van der Waals surface area contributed by atoms with Gasteiger partial charge < -0.3 is 14.5 Å². The Morgan fingerprint density at radius 2 is 2.22 bits per heavy atom. The van der Waals surface area contributed by atoms with E-state index in [9.17, 15) is 0 Å². The van der Waals surface area contributed by atoms with Crippen LogP contribution in [0.25, 0.3) is 0 Å². The Hall–Kier alpha value is -1.19. The average Bonchev–Trinajstić information content (AvgIpc) is 2.33. The number of H-pyrrole nitrogens is 1. The largest absolute Gasteiger partial charge is 0.478 e. The number of imidazole rings is 1. The van der Waals surface area contributed by atoms with Gasteiger partial charge in [-0.15, -0.1) is 0 Å². The van der Waals surface area contributed by atoms with E-state index in [-0.39, 0.29) is 0 Å². The van der Waals surface area contributed by atoms with Gasteiger partial charge in [0, 0.05) is 0 Å². The van der Waals surface area contributed by atoms with E-state index in [1.165, 1.54) is 6.33 Å². The first-order valence-corrected chi connectivity index (χ1v) is 2.50. The molecule has 0 atom stereocenters. The molecular formula is C5H8N2O2. The predicted octanol–water partition coefficient (Wildman–Crippen LogP) is 0.427. The Morgan fingerprint density at radius 1 is 1.44 bits per heavy atom. The Labute approximate surface area is 52.8 Å². The lowest BCUT2D eigenvalue weighted by Crippen LogP contribution is -1.87. The van der Waals surface area contributed by atoms with Gasteiger partial charge in [0.05, 0.1) is 20.5 Å². The van der Waals surface area contributed by atoms with Crippen molar-refractivity contribution in [3.63, 3.8) is 0 Å². The molecule has 0 aromatic carbocycles. The second-order valence-corrected chi connectivity index (χ2v) is 1.45. The van der Waals surface area contributed by atoms with Gasteiger partial charge in [-0.05, 0) is 0 Å². The minimum Gasteiger partial charge on any atom is -0.478 e. The molecule has 4 nitrogen and oxygen atoms in total. The van der Waals surface area contributed by atoms with E-state index in [0.717, 1.165) is 0 Å². The SMILES string of the molecule is COc1nc[nH]c1OC. The first kappa shape index (κ1) is 5.94. The number of nitrogens with one attached hydrogen (secondary N) is 1. The van der Waals surface area contributed by atoms with E-state index in [0.29, 0.717) is 11.8 Å². The summed E-state index contributed by atoms with van der Waals surface area (Å²) in [5.74, 6) is 1.04. The number of rotatable bonds is 2. The van der Waals surface area contributed by atoms with Gasteiger partial charge in [-0.3, -0.25) is 0 Å². The number of aromatic amines is 1. The second kappa shape index (κ2) is 2.39. The summed E-state index contributed by atoms with van der Waals surface area (Å²) in [5, 5.41) is 0. The Morgan fingerprint density at radius 3 is 2.67 bits per heavy atom. The van der Waals surface area contributed by atoms with Crippen molar-refractivity contribution in [2.75, 3.05) is 14.2 Å². The van der Waals surface area contributed by atoms with Crippen LogP contribution in [0.15, 0.2) is 6.33 Å². The summed E-state index contributed by atoms with van der Waals surface area (Å²) < 4.78 is 9.64. The highest BCUT2D eigenvalue weighted by molar-refractivity contribution is 5.23. The van der Waals surface area contributed by atoms with E-state index in [1.807, 2.05) is 0 Å². The van der Waals surface area contributed by atoms with E-state index in [4.69, 9.17) is 9.47 Å². The molecule has 0 saturated carbocycles. The quantitative estimate of drug-likeness (QED) is 0.628. The molecule has 0 bridgehead atoms. The van der Waals surface area contributed by atoms with Gasteiger partial charge >= 0.3 is 0 Å². The van der Waals surface area contributed by atoms with Crippen LogP contribution in [0.1, 0.15) is 0 Å². The van der Waals surface area contributed by atoms with Crippen molar-refractivity contribution in [1.29, 1.82) is 0 Å². The highest BCUT2D eigenvalue weighted by Gasteiger charge is 2.02. The van der Waals surface area contributed by atoms with E-state index >= 15 is 0 Å². The fraction of sp³-hybridized carbons (Fsp3) is 0.400. The van der Waals surface area contributed by atoms with Crippen LogP contribution < -0.4 is 9.47 Å². The summed E-state index contributed by atoms with van der Waals surface area (Å²) in [6, 6.07) is 0. The number of methoxy groups -OCH3 is 2. The van der Waals surface area contributed by atoms with Gasteiger partial charge in [0.1, 0.15) is 0 Å². The molecular weight excluding hydrogens is 120 g/mol. The van der Waals surface area contributed by atoms with Gasteiger partial charge in [-0.1, -0.05) is 0 Å². The van der Waals surface area contributed by atoms with Gasteiger partial charge in [0.15, 0.2) is 0 Å². The van der Waals surface area contributed by atoms with Crippen molar-refractivity contribution in [3.05, 3.63) is 6.33 Å². The molecule has 0 aliphatic rings. The van der Waals surface area contributed by atoms with Crippen molar-refractivity contribution < 1.29 is 9.47 Å². The number of hydrogen-bond acceptors (Lipinski definition) is 3. The molecule has 9 heavy (non-hydrogen) atoms. The van der Waals surface area contributed by atoms with Crippen LogP contribution in [-0.4, -0.2) is 24.2 Å². The van der Waals surface area contributed by atoms with Crippen LogP contribution in [0, 0.1) is 0 Å². The molecule has 1 aromatic rings. The molecule has 1 N–H and O–H groups in total. The van der Waals surface area contributed by atoms with Crippen LogP contribution in [-0.2, 0) is 0 Å². The van der Waals surface area contributed by atoms with Crippen LogP contribution in [0.3, 0.4) is 0 Å². The fourth-order valence-electron chi connectivity index (χ4n) is 0.562. The van der Waals surface area contributed by atoms with Crippen molar-refractivity contribution in [2.45, 2.75) is 0 Å². The number of hydrogen-bond donors (Lipinski definition) is 1. The van der Waals surface area contributed by atoms with Crippen LogP contribution in [0.2, 0.25) is 0 Å². The first-order chi connectivity index (χ1) is 4.38. The first-order valence-electron chi connectivity index (χ1n) is 2.50. The van der Waals surface area contributed by atoms with Crippen LogP contribution in [0.4, 0.5) is 0 Å². The monoisotopic (exact) mass is 128 g/mol. The Balaban J connectivity index is 2.85. The van der Waals surface area contributed by atoms with Crippen molar-refractivity contribution in [1.82, 2.24) is 9.97 Å². The molecule has 4 heteroatoms. The minimum absolute atomic E-state index is 0.484. The van der Waals surface area contributed by atoms with Gasteiger partial charge in [-0.25, -0.2) is 0 Å². The maximum atomic E-state index is 4.83. The average molecular weight is 128 g/mol. The van der Waals surface area contributed by atoms with Crippen molar-refractivity contribution >= 4 is 0 Å². The summed E-state index contributed by atoms with van der Waals surface area (Å²) in [6.45, 7) is 0. The third-order valence-electron chi connectivity index (χ3n) is 0.969. The number of aromatic nitrogens is 2. The number of ether oxygens (including phenoxy) is 2. The Kier molecular flexibility index (Phi) is 1.58. The zero-order chi connectivity index (χ0) is 6.69. The van der Waals surface area contributed by atoms with Crippen LogP contribution >= 0.6 is 0 Å². The summed E-state index contributed by atoms with van der Waals surface area (Å²) in [5.41, 5.74) is 0. The van der Waals surface area contributed by atoms with E-state index in [1.54, 1.807) is 14.2 Å². The highest BCUT2D eigenvalue weighted by Crippen LogP contribution is 2.18. The van der Waals surface area contributed by atoms with Crippen molar-refractivity contribution in [2.24, 2.45) is 0 Å². The minimum atomic E-state index is 0.484. The molecule has 0 saturated heterocycles. The fourth-order valence-corrected chi connectivity index (χ4v) is 0.562. The third kappa shape index (κ3) is 0.960. The molecule has 0 aliphatic carbocycles. The maximum Gasteiger partial charge on any atom is 0.277 e. The molecule has 1 heterocycles. The zero-order valence-electron chi connectivity index (χ0n) is 5.34. The predicted molar refractivity (Wildman–Crippen MR) is 31.7 cm³/mol. The molecule has 0 aliphatic heterocycles. The topological polar surface area (TPSA) is 47.1 Å². The molecule has 0 amide bonds. The standard InChI is InChI=1S/C5H8N2O2/c1-8-4-5(9-2)7-3-6-4/h3H,1-2H3,(H,6,7). The second-order valence-electron chi connectivity index (χ2n) is 1.45. The molecule has 0 radical (unpaired) electrons. The van der Waals surface area contributed by atoms with Crippen LogP contribution in [0.5, 0.6) is 11.8 Å². The molecule has 50 valence electrons. The van der Waals surface area contributed by atoms with Gasteiger partial charge in [0.25, 0.3) is 11.8 Å². The van der Waals surface area contributed by atoms with E-state index < -0.39 is 0 Å². The van der Waals surface area contributed by atoms with Crippen molar-refractivity contribution in [3.8, 4) is 11.8 Å². The Bertz CT molecular complexity index is 166. The molecule has 0 fully saturated rings. The van der Waals surface area contributed by atoms with E-state index in [2.05, 4.69) is 9.97 Å². The summed E-state index contributed by atoms with van der Waals surface area (Å²) in [4.78, 5) is 6.55. The highest BCUT2D eigenvalue weighted by atomic mass is 16.5. The zero-order valence-corrected chi connectivity index (χ0v) is 5.34. The van der Waals surface area contributed by atoms with Gasteiger partial charge in [-0.2, -0.15) is 4.98 Å². The lowest BCUT2D eigenvalue weighted by molar-refractivity contribution is 0.340. The molecule has 1 aromatic heterocycles. The summed E-state index contributed by atoms with van der Waals surface area (Å²) >= 11 is 0. The molecule has 0 spiro atoms. The van der Waals surface area contributed by atoms with Gasteiger partial charge in [0.2, 0.25) is 0 Å². The maximum absolute atomic E-state index is 4.83. The summed E-state index contributed by atoms with van der Waals surface area (Å²) in [6.07, 6.45) is 1.51. The number of nitrogens with zero attached hydrogens (tertiary/aromatic N) is 1.